The summed E-state index contributed by atoms with van der Waals surface area (Å²) in [6.45, 7) is -1.25. The van der Waals surface area contributed by atoms with E-state index in [9.17, 15) is 101 Å². The second-order valence-electron chi connectivity index (χ2n) is 14.0. The van der Waals surface area contributed by atoms with Crippen molar-refractivity contribution in [2.24, 2.45) is 0 Å². The summed E-state index contributed by atoms with van der Waals surface area (Å²) in [4.78, 5) is 68.5. The number of phenolic OH excluding ortho intramolecular Hbond substituents is 15. The maximum absolute atomic E-state index is 13.9. The fraction of sp³-hybridized carbons (Fsp3) is 0.146. The van der Waals surface area contributed by atoms with E-state index in [0.717, 1.165) is 0 Å². The van der Waals surface area contributed by atoms with Crippen molar-refractivity contribution in [3.8, 4) is 86.2 Å². The molecular formula is C41H32O26. The molecule has 26 heteroatoms. The molecule has 5 atom stereocenters. The molecule has 0 aliphatic carbocycles. The highest BCUT2D eigenvalue weighted by Crippen LogP contribution is 2.41. The lowest BCUT2D eigenvalue weighted by molar-refractivity contribution is -0.282. The molecule has 0 saturated carbocycles. The first-order valence-electron chi connectivity index (χ1n) is 18.4. The highest BCUT2D eigenvalue weighted by Gasteiger charge is 2.55. The fourth-order valence-electron chi connectivity index (χ4n) is 6.11. The molecule has 5 aromatic carbocycles. The third kappa shape index (κ3) is 9.67. The van der Waals surface area contributed by atoms with Gasteiger partial charge in [-0.2, -0.15) is 0 Å². The van der Waals surface area contributed by atoms with Crippen LogP contribution in [0.4, 0.5) is 0 Å². The van der Waals surface area contributed by atoms with Gasteiger partial charge in [0.15, 0.2) is 98.5 Å². The molecule has 1 aliphatic rings. The maximum atomic E-state index is 13.9. The lowest BCUT2D eigenvalue weighted by Crippen LogP contribution is -2.63. The molecule has 5 aromatic rings. The van der Waals surface area contributed by atoms with Gasteiger partial charge in [0.25, 0.3) is 0 Å². The van der Waals surface area contributed by atoms with Crippen molar-refractivity contribution >= 4 is 29.8 Å². The Morgan fingerprint density at radius 2 is 0.582 bits per heavy atom. The van der Waals surface area contributed by atoms with Crippen molar-refractivity contribution in [2.75, 3.05) is 6.61 Å². The van der Waals surface area contributed by atoms with Crippen LogP contribution in [-0.4, -0.2) is 144 Å². The van der Waals surface area contributed by atoms with Crippen LogP contribution >= 0.6 is 0 Å². The first-order chi connectivity index (χ1) is 31.4. The fourth-order valence-corrected chi connectivity index (χ4v) is 6.11. The first kappa shape index (κ1) is 46.9. The largest absolute Gasteiger partial charge is 0.504 e. The van der Waals surface area contributed by atoms with Crippen molar-refractivity contribution in [3.05, 3.63) is 88.5 Å². The Bertz CT molecular complexity index is 2720. The summed E-state index contributed by atoms with van der Waals surface area (Å²) in [6.07, 6.45) is -12.2. The molecule has 0 bridgehead atoms. The SMILES string of the molecule is O=C(OCC1O[C@H](OC(=O)c2cc(O)c(O)c(O)c2)[C@H](OC(=O)c2cc(O)c(O)c(O)c2)C(OC(=O)c2cc(O)c(O)c(O)c2)[C@@H]1OC(=O)c1cc(O)c(O)c(O)c1)c1cc(O)c(O)c(O)c1. The number of benzene rings is 5. The number of carbonyl (C=O) groups excluding carboxylic acids is 5. The number of esters is 5. The van der Waals surface area contributed by atoms with E-state index in [1.807, 2.05) is 0 Å². The zero-order chi connectivity index (χ0) is 49.3. The van der Waals surface area contributed by atoms with Crippen LogP contribution < -0.4 is 0 Å². The zero-order valence-electron chi connectivity index (χ0n) is 33.1. The summed E-state index contributed by atoms with van der Waals surface area (Å²) in [6, 6.07) is 5.60. The number of hydrogen-bond acceptors (Lipinski definition) is 26. The number of carbonyl (C=O) groups is 5. The molecule has 67 heavy (non-hydrogen) atoms. The van der Waals surface area contributed by atoms with E-state index >= 15 is 0 Å². The quantitative estimate of drug-likeness (QED) is 0.0509. The highest BCUT2D eigenvalue weighted by molar-refractivity contribution is 5.94. The summed E-state index contributed by atoms with van der Waals surface area (Å²) in [5, 5.41) is 150. The minimum Gasteiger partial charge on any atom is -0.504 e. The van der Waals surface area contributed by atoms with Gasteiger partial charge >= 0.3 is 29.8 Å². The predicted octanol–water partition coefficient (Wildman–Crippen LogP) is 1.69. The van der Waals surface area contributed by atoms with E-state index < -0.39 is 181 Å². The molecule has 1 fully saturated rings. The van der Waals surface area contributed by atoms with Crippen LogP contribution in [0.25, 0.3) is 0 Å². The molecule has 0 spiro atoms. The van der Waals surface area contributed by atoms with Gasteiger partial charge in [0.1, 0.15) is 12.7 Å². The van der Waals surface area contributed by atoms with Gasteiger partial charge in [-0.1, -0.05) is 0 Å². The highest BCUT2D eigenvalue weighted by atomic mass is 16.7. The number of hydrogen-bond donors (Lipinski definition) is 15. The second-order valence-corrected chi connectivity index (χ2v) is 14.0. The predicted molar refractivity (Wildman–Crippen MR) is 209 cm³/mol. The van der Waals surface area contributed by atoms with Crippen LogP contribution in [0.5, 0.6) is 86.2 Å². The smallest absolute Gasteiger partial charge is 0.340 e. The summed E-state index contributed by atoms with van der Waals surface area (Å²) >= 11 is 0. The molecule has 0 amide bonds. The molecule has 26 nitrogen and oxygen atoms in total. The summed E-state index contributed by atoms with van der Waals surface area (Å²) < 4.78 is 33.2. The number of phenols is 15. The standard InChI is InChI=1S/C41H32O26/c42-17-1-12(2-18(43)28(17)52)36(57)62-11-27-33(64-37(58)13-3-19(44)29(53)20(45)4-13)34(65-38(59)14-5-21(46)30(54)22(47)6-14)35(66-39(60)15-7-23(48)31(55)24(49)8-15)41(63-27)67-40(61)16-9-25(50)32(56)26(51)10-16/h1-10,27,33-35,41-56H,11H2/t27?,33-,34?,35-,41-/m1/s1. The van der Waals surface area contributed by atoms with Crippen molar-refractivity contribution in [1.29, 1.82) is 0 Å². The summed E-state index contributed by atoms with van der Waals surface area (Å²) in [7, 11) is 0. The molecule has 0 radical (unpaired) electrons. The van der Waals surface area contributed by atoms with Gasteiger partial charge in [0.2, 0.25) is 12.4 Å². The van der Waals surface area contributed by atoms with E-state index in [0.29, 0.717) is 60.7 Å². The van der Waals surface area contributed by atoms with Gasteiger partial charge < -0.3 is 105 Å². The van der Waals surface area contributed by atoms with Gasteiger partial charge in [0.05, 0.1) is 27.8 Å². The Hall–Kier alpha value is -9.59. The lowest BCUT2D eigenvalue weighted by Gasteiger charge is -2.43. The Labute approximate surface area is 370 Å². The van der Waals surface area contributed by atoms with E-state index in [1.54, 1.807) is 0 Å². The molecule has 352 valence electrons. The Kier molecular flexibility index (Phi) is 12.8. The van der Waals surface area contributed by atoms with Crippen molar-refractivity contribution < 1.29 is 129 Å². The Balaban J connectivity index is 1.52. The Morgan fingerprint density at radius 3 is 0.881 bits per heavy atom. The molecule has 2 unspecified atom stereocenters. The average Bonchev–Trinajstić information content (AvgIpc) is 3.27. The van der Waals surface area contributed by atoms with E-state index in [2.05, 4.69) is 0 Å². The second kappa shape index (κ2) is 18.3. The lowest BCUT2D eigenvalue weighted by atomic mass is 9.97. The van der Waals surface area contributed by atoms with Crippen LogP contribution in [0.2, 0.25) is 0 Å². The molecule has 6 rings (SSSR count). The van der Waals surface area contributed by atoms with Gasteiger partial charge in [-0.3, -0.25) is 0 Å². The number of ether oxygens (including phenoxy) is 6. The van der Waals surface area contributed by atoms with E-state index in [4.69, 9.17) is 28.4 Å². The van der Waals surface area contributed by atoms with Gasteiger partial charge in [-0.15, -0.1) is 0 Å². The minimum atomic E-state index is -2.56. The molecular weight excluding hydrogens is 908 g/mol. The maximum Gasteiger partial charge on any atom is 0.340 e. The van der Waals surface area contributed by atoms with E-state index in [1.165, 1.54) is 0 Å². The van der Waals surface area contributed by atoms with Crippen molar-refractivity contribution in [2.45, 2.75) is 30.7 Å². The van der Waals surface area contributed by atoms with Crippen LogP contribution in [-0.2, 0) is 28.4 Å². The van der Waals surface area contributed by atoms with Crippen molar-refractivity contribution in [3.63, 3.8) is 0 Å². The van der Waals surface area contributed by atoms with E-state index in [-0.39, 0.29) is 0 Å². The normalized spacial score (nSPS) is 17.7. The third-order valence-corrected chi connectivity index (χ3v) is 9.45. The minimum absolute atomic E-state index is 0.534. The summed E-state index contributed by atoms with van der Waals surface area (Å²) in [5.41, 5.74) is -3.88. The molecule has 15 N–H and O–H groups in total. The molecule has 1 saturated heterocycles. The zero-order valence-corrected chi connectivity index (χ0v) is 33.1. The van der Waals surface area contributed by atoms with Crippen LogP contribution in [0.3, 0.4) is 0 Å². The topological polar surface area (TPSA) is 444 Å². The molecule has 1 heterocycles. The Morgan fingerprint density at radius 1 is 0.343 bits per heavy atom. The number of rotatable bonds is 11. The van der Waals surface area contributed by atoms with Crippen LogP contribution in [0.1, 0.15) is 51.8 Å². The number of aromatic hydroxyl groups is 15. The monoisotopic (exact) mass is 940 g/mol. The van der Waals surface area contributed by atoms with Gasteiger partial charge in [-0.25, -0.2) is 24.0 Å². The van der Waals surface area contributed by atoms with Gasteiger partial charge in [-0.05, 0) is 60.7 Å². The third-order valence-electron chi connectivity index (χ3n) is 9.45. The van der Waals surface area contributed by atoms with Gasteiger partial charge in [0, 0.05) is 0 Å². The molecule has 0 aromatic heterocycles. The first-order valence-corrected chi connectivity index (χ1v) is 18.4. The average molecular weight is 941 g/mol. The summed E-state index contributed by atoms with van der Waals surface area (Å²) in [5.74, 6) is -24.5. The van der Waals surface area contributed by atoms with Crippen LogP contribution in [0, 0.1) is 0 Å². The molecule has 1 aliphatic heterocycles. The van der Waals surface area contributed by atoms with Crippen molar-refractivity contribution in [1.82, 2.24) is 0 Å². The van der Waals surface area contributed by atoms with Crippen LogP contribution in [0.15, 0.2) is 60.7 Å².